The maximum atomic E-state index is 12.7. The summed E-state index contributed by atoms with van der Waals surface area (Å²) in [4.78, 5) is 27.0. The summed E-state index contributed by atoms with van der Waals surface area (Å²) < 4.78 is 1.50. The Bertz CT molecular complexity index is 940. The van der Waals surface area contributed by atoms with Crippen LogP contribution in [0.4, 0.5) is 5.69 Å². The molecule has 4 nitrogen and oxygen atoms in total. The van der Waals surface area contributed by atoms with Crippen LogP contribution in [0, 0.1) is 0 Å². The number of halogens is 1. The molecule has 1 saturated heterocycles. The minimum absolute atomic E-state index is 0.0793. The number of carbonyl (C=O) groups is 2. The number of hydrogen-bond donors (Lipinski definition) is 1. The molecule has 2 aromatic carbocycles. The second-order valence-electron chi connectivity index (χ2n) is 6.59. The quantitative estimate of drug-likeness (QED) is 0.405. The van der Waals surface area contributed by atoms with E-state index in [0.717, 1.165) is 22.1 Å². The Morgan fingerprint density at radius 1 is 1.17 bits per heavy atom. The summed E-state index contributed by atoms with van der Waals surface area (Å²) in [5, 5.41) is 2.86. The van der Waals surface area contributed by atoms with Crippen molar-refractivity contribution in [2.24, 2.45) is 0 Å². The van der Waals surface area contributed by atoms with Gasteiger partial charge in [-0.15, -0.1) is 0 Å². The highest BCUT2D eigenvalue weighted by atomic mass is 79.9. The van der Waals surface area contributed by atoms with E-state index in [4.69, 9.17) is 12.2 Å². The maximum Gasteiger partial charge on any atom is 0.266 e. The van der Waals surface area contributed by atoms with Crippen molar-refractivity contribution in [3.63, 3.8) is 0 Å². The van der Waals surface area contributed by atoms with Gasteiger partial charge in [-0.1, -0.05) is 71.1 Å². The summed E-state index contributed by atoms with van der Waals surface area (Å²) in [6, 6.07) is 15.6. The third kappa shape index (κ3) is 6.01. The summed E-state index contributed by atoms with van der Waals surface area (Å²) in [6.45, 7) is 2.55. The minimum Gasteiger partial charge on any atom is -0.326 e. The molecule has 2 amide bonds. The van der Waals surface area contributed by atoms with Crippen molar-refractivity contribution in [3.05, 3.63) is 69.0 Å². The summed E-state index contributed by atoms with van der Waals surface area (Å²) in [5.41, 5.74) is 2.99. The average Bonchev–Trinajstić information content (AvgIpc) is 2.97. The molecule has 0 unspecified atom stereocenters. The molecule has 0 spiro atoms. The monoisotopic (exact) mass is 488 g/mol. The zero-order valence-electron chi connectivity index (χ0n) is 16.0. The largest absolute Gasteiger partial charge is 0.326 e. The van der Waals surface area contributed by atoms with Crippen molar-refractivity contribution >= 4 is 67.8 Å². The fourth-order valence-corrected chi connectivity index (χ4v) is 4.42. The van der Waals surface area contributed by atoms with Crippen LogP contribution < -0.4 is 5.32 Å². The number of nitrogens with zero attached hydrogens (tertiary/aromatic N) is 1. The van der Waals surface area contributed by atoms with Gasteiger partial charge in [-0.05, 0) is 54.3 Å². The van der Waals surface area contributed by atoms with Crippen molar-refractivity contribution < 1.29 is 9.59 Å². The zero-order valence-corrected chi connectivity index (χ0v) is 19.2. The first-order valence-electron chi connectivity index (χ1n) is 9.36. The van der Waals surface area contributed by atoms with Crippen LogP contribution in [0.3, 0.4) is 0 Å². The molecule has 1 aliphatic heterocycles. The Morgan fingerprint density at radius 3 is 2.52 bits per heavy atom. The normalized spacial score (nSPS) is 15.2. The van der Waals surface area contributed by atoms with Gasteiger partial charge in [0.05, 0.1) is 4.91 Å². The van der Waals surface area contributed by atoms with Crippen LogP contribution in [0.5, 0.6) is 0 Å². The lowest BCUT2D eigenvalue weighted by molar-refractivity contribution is -0.122. The van der Waals surface area contributed by atoms with E-state index in [-0.39, 0.29) is 11.8 Å². The number of thioether (sulfide) groups is 1. The average molecular weight is 489 g/mol. The molecule has 1 N–H and O–H groups in total. The number of amides is 2. The number of nitrogens with one attached hydrogen (secondary N) is 1. The molecule has 0 aromatic heterocycles. The molecule has 0 bridgehead atoms. The summed E-state index contributed by atoms with van der Waals surface area (Å²) in [6.07, 6.45) is 3.73. The fraction of sp³-hybridized carbons (Fsp3) is 0.227. The van der Waals surface area contributed by atoms with Crippen molar-refractivity contribution in [2.75, 3.05) is 11.9 Å². The highest BCUT2D eigenvalue weighted by Crippen LogP contribution is 2.32. The van der Waals surface area contributed by atoms with Crippen molar-refractivity contribution in [1.29, 1.82) is 0 Å². The van der Waals surface area contributed by atoms with Gasteiger partial charge < -0.3 is 5.32 Å². The number of rotatable bonds is 7. The number of carbonyl (C=O) groups excluding carboxylic acids is 2. The minimum atomic E-state index is -0.0899. The first-order chi connectivity index (χ1) is 14.0. The Hall–Kier alpha value is -1.96. The molecule has 7 heteroatoms. The van der Waals surface area contributed by atoms with E-state index in [9.17, 15) is 9.59 Å². The molecule has 0 saturated carbocycles. The lowest BCUT2D eigenvalue weighted by Crippen LogP contribution is -2.29. The van der Waals surface area contributed by atoms with Crippen LogP contribution in [0.1, 0.15) is 30.9 Å². The predicted octanol–water partition coefficient (Wildman–Crippen LogP) is 5.63. The molecule has 0 radical (unpaired) electrons. The first kappa shape index (κ1) is 21.7. The third-order valence-corrected chi connectivity index (χ3v) is 6.38. The molecule has 1 aliphatic rings. The Balaban J connectivity index is 1.52. The third-order valence-electron chi connectivity index (χ3n) is 4.47. The molecule has 0 aliphatic carbocycles. The van der Waals surface area contributed by atoms with Gasteiger partial charge in [-0.25, -0.2) is 0 Å². The fourth-order valence-electron chi connectivity index (χ4n) is 2.85. The zero-order chi connectivity index (χ0) is 20.8. The molecule has 1 fully saturated rings. The topological polar surface area (TPSA) is 49.4 Å². The van der Waals surface area contributed by atoms with Crippen LogP contribution in [-0.4, -0.2) is 27.6 Å². The molecule has 3 rings (SSSR count). The second-order valence-corrected chi connectivity index (χ2v) is 9.18. The Labute approximate surface area is 188 Å². The number of anilines is 1. The molecular weight excluding hydrogens is 468 g/mol. The number of hydrogen-bond acceptors (Lipinski definition) is 4. The predicted molar refractivity (Wildman–Crippen MR) is 128 cm³/mol. The second kappa shape index (κ2) is 10.2. The Morgan fingerprint density at radius 2 is 1.86 bits per heavy atom. The van der Waals surface area contributed by atoms with Crippen molar-refractivity contribution in [1.82, 2.24) is 4.90 Å². The maximum absolute atomic E-state index is 12.7. The van der Waals surface area contributed by atoms with Crippen LogP contribution in [0.25, 0.3) is 6.08 Å². The van der Waals surface area contributed by atoms with E-state index in [2.05, 4.69) is 40.3 Å². The lowest BCUT2D eigenvalue weighted by Gasteiger charge is -2.14. The molecule has 1 heterocycles. The number of benzene rings is 2. The highest BCUT2D eigenvalue weighted by molar-refractivity contribution is 9.10. The van der Waals surface area contributed by atoms with E-state index in [1.807, 2.05) is 42.5 Å². The number of aryl methyl sites for hydroxylation is 1. The molecule has 150 valence electrons. The summed E-state index contributed by atoms with van der Waals surface area (Å²) in [5.74, 6) is -0.169. The molecule has 0 atom stereocenters. The van der Waals surface area contributed by atoms with Crippen LogP contribution in [-0.2, 0) is 16.0 Å². The van der Waals surface area contributed by atoms with Gasteiger partial charge >= 0.3 is 0 Å². The van der Waals surface area contributed by atoms with Gasteiger partial charge in [0.2, 0.25) is 5.91 Å². The van der Waals surface area contributed by atoms with E-state index in [1.165, 1.54) is 17.3 Å². The van der Waals surface area contributed by atoms with Gasteiger partial charge in [0.25, 0.3) is 5.91 Å². The first-order valence-corrected chi connectivity index (χ1v) is 11.4. The smallest absolute Gasteiger partial charge is 0.266 e. The lowest BCUT2D eigenvalue weighted by atomic mass is 10.1. The molecule has 2 aromatic rings. The van der Waals surface area contributed by atoms with E-state index < -0.39 is 0 Å². The van der Waals surface area contributed by atoms with Crippen molar-refractivity contribution in [2.45, 2.75) is 26.2 Å². The summed E-state index contributed by atoms with van der Waals surface area (Å²) >= 11 is 10.0. The summed E-state index contributed by atoms with van der Waals surface area (Å²) in [7, 11) is 0. The van der Waals surface area contributed by atoms with E-state index >= 15 is 0 Å². The van der Waals surface area contributed by atoms with Gasteiger partial charge in [-0.2, -0.15) is 0 Å². The highest BCUT2D eigenvalue weighted by Gasteiger charge is 2.31. The standard InChI is InChI=1S/C22H21BrN2O2S2/c1-2-15-5-7-16(8-6-15)14-19-21(27)25(22(28)29-19)13-3-4-20(26)24-18-11-9-17(23)10-12-18/h5-12,14H,2-4,13H2,1H3,(H,24,26). The van der Waals surface area contributed by atoms with Gasteiger partial charge in [-0.3, -0.25) is 14.5 Å². The molecular formula is C22H21BrN2O2S2. The van der Waals surface area contributed by atoms with Crippen molar-refractivity contribution in [3.8, 4) is 0 Å². The van der Waals surface area contributed by atoms with Crippen LogP contribution >= 0.6 is 39.9 Å². The van der Waals surface area contributed by atoms with E-state index in [0.29, 0.717) is 28.6 Å². The molecule has 29 heavy (non-hydrogen) atoms. The van der Waals surface area contributed by atoms with Gasteiger partial charge in [0.15, 0.2) is 0 Å². The van der Waals surface area contributed by atoms with Gasteiger partial charge in [0, 0.05) is 23.1 Å². The number of thiocarbonyl (C=S) groups is 1. The van der Waals surface area contributed by atoms with Crippen LogP contribution in [0.2, 0.25) is 0 Å². The van der Waals surface area contributed by atoms with E-state index in [1.54, 1.807) is 4.90 Å². The Kier molecular flexibility index (Phi) is 7.64. The van der Waals surface area contributed by atoms with Gasteiger partial charge in [0.1, 0.15) is 4.32 Å². The van der Waals surface area contributed by atoms with Crippen LogP contribution in [0.15, 0.2) is 57.9 Å². The SMILES string of the molecule is CCc1ccc(C=C2SC(=S)N(CCCC(=O)Nc3ccc(Br)cc3)C2=O)cc1.